The molecule has 0 aliphatic rings. The van der Waals surface area contributed by atoms with Crippen LogP contribution in [0.1, 0.15) is 15.9 Å². The lowest BCUT2D eigenvalue weighted by molar-refractivity contribution is -0.385. The maximum atomic E-state index is 12.9. The van der Waals surface area contributed by atoms with Crippen LogP contribution in [0, 0.1) is 15.9 Å². The summed E-state index contributed by atoms with van der Waals surface area (Å²) in [5, 5.41) is 10.9. The number of halogens is 3. The number of ketones is 1. The van der Waals surface area contributed by atoms with Crippen LogP contribution in [0.3, 0.4) is 0 Å². The van der Waals surface area contributed by atoms with Crippen molar-refractivity contribution >= 4 is 45.1 Å². The molecule has 0 saturated heterocycles. The van der Waals surface area contributed by atoms with E-state index in [4.69, 9.17) is 11.6 Å². The predicted molar refractivity (Wildman–Crippen MR) is 85.6 cm³/mol. The van der Waals surface area contributed by atoms with Gasteiger partial charge in [-0.25, -0.2) is 4.39 Å². The van der Waals surface area contributed by atoms with Gasteiger partial charge in [-0.2, -0.15) is 0 Å². The standard InChI is InChI=1S/C15H8BrClFNO3/c16-12-5-1-9(7-14(12)19(21)22)2-6-15(20)11-4-3-10(18)8-13(11)17/h1-8H/b6-2+. The number of rotatable bonds is 4. The lowest BCUT2D eigenvalue weighted by atomic mass is 10.1. The quantitative estimate of drug-likeness (QED) is 0.321. The van der Waals surface area contributed by atoms with Crippen molar-refractivity contribution in [1.82, 2.24) is 0 Å². The van der Waals surface area contributed by atoms with Crippen molar-refractivity contribution in [2.75, 3.05) is 0 Å². The number of hydrogen-bond donors (Lipinski definition) is 0. The molecule has 0 unspecified atom stereocenters. The molecule has 2 rings (SSSR count). The van der Waals surface area contributed by atoms with Gasteiger partial charge in [0.15, 0.2) is 5.78 Å². The molecule has 0 N–H and O–H groups in total. The second-order valence-electron chi connectivity index (χ2n) is 4.29. The minimum Gasteiger partial charge on any atom is -0.289 e. The van der Waals surface area contributed by atoms with E-state index in [0.29, 0.717) is 10.0 Å². The molecule has 0 amide bonds. The molecule has 7 heteroatoms. The fourth-order valence-electron chi connectivity index (χ4n) is 1.72. The summed E-state index contributed by atoms with van der Waals surface area (Å²) in [5.41, 5.74) is 0.543. The zero-order valence-corrected chi connectivity index (χ0v) is 13.3. The van der Waals surface area contributed by atoms with Crippen molar-refractivity contribution in [3.8, 4) is 0 Å². The van der Waals surface area contributed by atoms with Crippen LogP contribution in [0.5, 0.6) is 0 Å². The number of carbonyl (C=O) groups is 1. The second-order valence-corrected chi connectivity index (χ2v) is 5.55. The van der Waals surface area contributed by atoms with E-state index in [0.717, 1.165) is 12.1 Å². The summed E-state index contributed by atoms with van der Waals surface area (Å²) in [6, 6.07) is 7.94. The molecule has 112 valence electrons. The van der Waals surface area contributed by atoms with Gasteiger partial charge in [-0.05, 0) is 51.8 Å². The highest BCUT2D eigenvalue weighted by molar-refractivity contribution is 9.10. The minimum atomic E-state index is -0.533. The monoisotopic (exact) mass is 383 g/mol. The van der Waals surface area contributed by atoms with E-state index in [2.05, 4.69) is 15.9 Å². The number of nitro groups is 1. The van der Waals surface area contributed by atoms with Crippen LogP contribution < -0.4 is 0 Å². The molecule has 0 bridgehead atoms. The van der Waals surface area contributed by atoms with E-state index >= 15 is 0 Å². The first kappa shape index (κ1) is 16.3. The van der Waals surface area contributed by atoms with E-state index in [-0.39, 0.29) is 16.3 Å². The van der Waals surface area contributed by atoms with Gasteiger partial charge in [-0.3, -0.25) is 14.9 Å². The van der Waals surface area contributed by atoms with Gasteiger partial charge in [-0.1, -0.05) is 23.7 Å². The highest BCUT2D eigenvalue weighted by Crippen LogP contribution is 2.26. The SMILES string of the molecule is O=C(/C=C/c1ccc(Br)c([N+](=O)[O-])c1)c1ccc(F)cc1Cl. The number of hydrogen-bond acceptors (Lipinski definition) is 3. The second kappa shape index (κ2) is 6.81. The third kappa shape index (κ3) is 3.78. The zero-order valence-electron chi connectivity index (χ0n) is 10.9. The molecule has 2 aromatic carbocycles. The van der Waals surface area contributed by atoms with Gasteiger partial charge in [0.05, 0.1) is 14.4 Å². The Hall–Kier alpha value is -2.05. The fraction of sp³-hybridized carbons (Fsp3) is 0. The van der Waals surface area contributed by atoms with E-state index in [1.807, 2.05) is 0 Å². The van der Waals surface area contributed by atoms with Crippen molar-refractivity contribution < 1.29 is 14.1 Å². The summed E-state index contributed by atoms with van der Waals surface area (Å²) in [7, 11) is 0. The number of allylic oxidation sites excluding steroid dienone is 1. The summed E-state index contributed by atoms with van der Waals surface area (Å²) >= 11 is 8.88. The van der Waals surface area contributed by atoms with Gasteiger partial charge in [0.1, 0.15) is 5.82 Å². The van der Waals surface area contributed by atoms with E-state index in [1.165, 1.54) is 30.4 Å². The van der Waals surface area contributed by atoms with Gasteiger partial charge in [0.25, 0.3) is 5.69 Å². The van der Waals surface area contributed by atoms with Crippen molar-refractivity contribution in [1.29, 1.82) is 0 Å². The average Bonchev–Trinajstić information content (AvgIpc) is 2.45. The first-order chi connectivity index (χ1) is 10.4. The molecule has 0 aliphatic heterocycles. The largest absolute Gasteiger partial charge is 0.289 e. The molecular formula is C15H8BrClFNO3. The van der Waals surface area contributed by atoms with Crippen LogP contribution in [0.4, 0.5) is 10.1 Å². The minimum absolute atomic E-state index is 0.0106. The molecule has 2 aromatic rings. The summed E-state index contributed by atoms with van der Waals surface area (Å²) in [5.74, 6) is -0.954. The molecule has 0 radical (unpaired) electrons. The first-order valence-electron chi connectivity index (χ1n) is 6.00. The van der Waals surface area contributed by atoms with E-state index in [1.54, 1.807) is 6.07 Å². The zero-order chi connectivity index (χ0) is 16.3. The number of benzene rings is 2. The molecule has 0 spiro atoms. The molecule has 0 aliphatic carbocycles. The van der Waals surface area contributed by atoms with Crippen LogP contribution in [0.25, 0.3) is 6.08 Å². The maximum absolute atomic E-state index is 12.9. The smallest absolute Gasteiger partial charge is 0.284 e. The van der Waals surface area contributed by atoms with Gasteiger partial charge in [-0.15, -0.1) is 0 Å². The Labute approximate surface area is 138 Å². The lowest BCUT2D eigenvalue weighted by Crippen LogP contribution is -1.96. The third-order valence-electron chi connectivity index (χ3n) is 2.79. The Morgan fingerprint density at radius 3 is 2.64 bits per heavy atom. The number of nitrogens with zero attached hydrogens (tertiary/aromatic N) is 1. The summed E-state index contributed by atoms with van der Waals surface area (Å²) in [6.45, 7) is 0. The average molecular weight is 385 g/mol. The highest BCUT2D eigenvalue weighted by atomic mass is 79.9. The Balaban J connectivity index is 2.26. The summed E-state index contributed by atoms with van der Waals surface area (Å²) in [4.78, 5) is 22.3. The van der Waals surface area contributed by atoms with Crippen molar-refractivity contribution in [3.63, 3.8) is 0 Å². The predicted octanol–water partition coefficient (Wildman–Crippen LogP) is 5.05. The lowest BCUT2D eigenvalue weighted by Gasteiger charge is -2.00. The topological polar surface area (TPSA) is 60.2 Å². The summed E-state index contributed by atoms with van der Waals surface area (Å²) < 4.78 is 13.3. The van der Waals surface area contributed by atoms with Crippen molar-refractivity contribution in [3.05, 3.63) is 79.0 Å². The molecule has 0 saturated carbocycles. The highest BCUT2D eigenvalue weighted by Gasteiger charge is 2.12. The van der Waals surface area contributed by atoms with Crippen molar-refractivity contribution in [2.24, 2.45) is 0 Å². The van der Waals surface area contributed by atoms with Crippen molar-refractivity contribution in [2.45, 2.75) is 0 Å². The van der Waals surface area contributed by atoms with Gasteiger partial charge >= 0.3 is 0 Å². The van der Waals surface area contributed by atoms with Gasteiger partial charge < -0.3 is 0 Å². The van der Waals surface area contributed by atoms with E-state index in [9.17, 15) is 19.3 Å². The van der Waals surface area contributed by atoms with Crippen LogP contribution in [0.15, 0.2) is 46.9 Å². The molecule has 4 nitrogen and oxygen atoms in total. The molecule has 22 heavy (non-hydrogen) atoms. The molecule has 0 atom stereocenters. The maximum Gasteiger partial charge on any atom is 0.284 e. The van der Waals surface area contributed by atoms with Gasteiger partial charge in [0.2, 0.25) is 0 Å². The fourth-order valence-corrected chi connectivity index (χ4v) is 2.38. The van der Waals surface area contributed by atoms with E-state index < -0.39 is 16.5 Å². The Bertz CT molecular complexity index is 792. The number of nitro benzene ring substituents is 1. The van der Waals surface area contributed by atoms with Crippen LogP contribution >= 0.6 is 27.5 Å². The van der Waals surface area contributed by atoms with Crippen LogP contribution in [-0.4, -0.2) is 10.7 Å². The Morgan fingerprint density at radius 2 is 2.00 bits per heavy atom. The molecular weight excluding hydrogens is 377 g/mol. The third-order valence-corrected chi connectivity index (χ3v) is 3.77. The Morgan fingerprint density at radius 1 is 1.27 bits per heavy atom. The molecule has 0 fully saturated rings. The van der Waals surface area contributed by atoms with Crippen LogP contribution in [0.2, 0.25) is 5.02 Å². The normalized spacial score (nSPS) is 10.9. The van der Waals surface area contributed by atoms with Gasteiger partial charge in [0, 0.05) is 11.6 Å². The number of carbonyl (C=O) groups excluding carboxylic acids is 1. The molecule has 0 heterocycles. The first-order valence-corrected chi connectivity index (χ1v) is 7.17. The summed E-state index contributed by atoms with van der Waals surface area (Å²) in [6.07, 6.45) is 2.66. The van der Waals surface area contributed by atoms with Crippen LogP contribution in [-0.2, 0) is 0 Å². The molecule has 0 aromatic heterocycles. The Kier molecular flexibility index (Phi) is 5.05.